The minimum atomic E-state index is 0.200. The van der Waals surface area contributed by atoms with E-state index in [1.165, 1.54) is 25.9 Å². The number of hydrogen-bond acceptors (Lipinski definition) is 3. The van der Waals surface area contributed by atoms with Crippen LogP contribution in [0, 0.1) is 13.8 Å². The van der Waals surface area contributed by atoms with E-state index >= 15 is 0 Å². The highest BCUT2D eigenvalue weighted by Gasteiger charge is 2.32. The minimum absolute atomic E-state index is 0.200. The Bertz CT molecular complexity index is 757. The highest BCUT2D eigenvalue weighted by molar-refractivity contribution is 5.96. The lowest BCUT2D eigenvalue weighted by molar-refractivity contribution is 0.0708. The number of likely N-dealkylation sites (tertiary alicyclic amines) is 2. The summed E-state index contributed by atoms with van der Waals surface area (Å²) >= 11 is 0. The number of furan rings is 1. The minimum Gasteiger partial charge on any atom is -0.467 e. The van der Waals surface area contributed by atoms with E-state index in [4.69, 9.17) is 4.42 Å². The Morgan fingerprint density at radius 2 is 2.00 bits per heavy atom. The van der Waals surface area contributed by atoms with Crippen LogP contribution in [0.2, 0.25) is 0 Å². The van der Waals surface area contributed by atoms with Crippen molar-refractivity contribution in [3.63, 3.8) is 0 Å². The van der Waals surface area contributed by atoms with Crippen molar-refractivity contribution in [2.45, 2.75) is 52.1 Å². The first-order valence-electron chi connectivity index (χ1n) is 9.86. The van der Waals surface area contributed by atoms with Gasteiger partial charge in [0.1, 0.15) is 5.76 Å². The monoisotopic (exact) mass is 355 g/mol. The third-order valence-corrected chi connectivity index (χ3v) is 6.00. The Morgan fingerprint density at radius 3 is 2.73 bits per heavy atom. The summed E-state index contributed by atoms with van der Waals surface area (Å²) in [5.74, 6) is 1.12. The topological polar surface area (TPSA) is 41.6 Å². The Balaban J connectivity index is 1.52. The van der Waals surface area contributed by atoms with Gasteiger partial charge in [-0.05, 0) is 70.8 Å². The van der Waals surface area contributed by atoms with E-state index in [2.05, 4.69) is 28.2 Å². The van der Waals surface area contributed by atoms with Crippen LogP contribution in [0.25, 0.3) is 0 Å². The van der Waals surface area contributed by atoms with Gasteiger partial charge in [-0.15, -0.1) is 0 Å². The molecule has 0 radical (unpaired) electrons. The summed E-state index contributed by atoms with van der Waals surface area (Å²) in [5, 5.41) is 0. The maximum atomic E-state index is 13.3. The zero-order valence-electron chi connectivity index (χ0n) is 15.9. The Labute approximate surface area is 155 Å². The summed E-state index contributed by atoms with van der Waals surface area (Å²) in [4.78, 5) is 17.9. The van der Waals surface area contributed by atoms with Gasteiger partial charge < -0.3 is 18.8 Å². The summed E-state index contributed by atoms with van der Waals surface area (Å²) in [6, 6.07) is 6.30. The van der Waals surface area contributed by atoms with Gasteiger partial charge in [-0.1, -0.05) is 0 Å². The molecule has 2 fully saturated rings. The first-order valence-corrected chi connectivity index (χ1v) is 9.86. The number of rotatable bonds is 5. The third-order valence-electron chi connectivity index (χ3n) is 6.00. The first kappa shape index (κ1) is 17.4. The molecule has 2 aromatic rings. The average Bonchev–Trinajstić information content (AvgIpc) is 3.40. The normalized spacial score (nSPS) is 21.0. The lowest BCUT2D eigenvalue weighted by Gasteiger charge is -2.28. The van der Waals surface area contributed by atoms with Crippen LogP contribution in [0.4, 0.5) is 0 Å². The molecular formula is C21H29N3O2. The molecule has 2 saturated heterocycles. The number of nitrogens with zero attached hydrogens (tertiary/aromatic N) is 3. The maximum absolute atomic E-state index is 13.3. The van der Waals surface area contributed by atoms with Crippen LogP contribution in [-0.4, -0.2) is 52.5 Å². The van der Waals surface area contributed by atoms with E-state index in [9.17, 15) is 4.79 Å². The predicted octanol–water partition coefficient (Wildman–Crippen LogP) is 3.45. The highest BCUT2D eigenvalue weighted by atomic mass is 16.3. The van der Waals surface area contributed by atoms with Gasteiger partial charge in [-0.25, -0.2) is 0 Å². The third kappa shape index (κ3) is 3.32. The molecular weight excluding hydrogens is 326 g/mol. The molecule has 0 aromatic carbocycles. The van der Waals surface area contributed by atoms with Crippen LogP contribution in [-0.2, 0) is 6.54 Å². The van der Waals surface area contributed by atoms with Crippen LogP contribution in [0.15, 0.2) is 28.9 Å². The summed E-state index contributed by atoms with van der Waals surface area (Å²) < 4.78 is 7.66. The molecule has 1 amide bonds. The van der Waals surface area contributed by atoms with Crippen LogP contribution < -0.4 is 0 Å². The molecule has 0 saturated carbocycles. The summed E-state index contributed by atoms with van der Waals surface area (Å²) in [5.41, 5.74) is 3.00. The van der Waals surface area contributed by atoms with E-state index in [-0.39, 0.29) is 5.91 Å². The van der Waals surface area contributed by atoms with Crippen molar-refractivity contribution in [3.8, 4) is 0 Å². The zero-order valence-corrected chi connectivity index (χ0v) is 15.9. The van der Waals surface area contributed by atoms with Gasteiger partial charge in [0.15, 0.2) is 0 Å². The number of amides is 1. The van der Waals surface area contributed by atoms with Crippen molar-refractivity contribution in [1.29, 1.82) is 0 Å². The number of hydrogen-bond donors (Lipinski definition) is 0. The second-order valence-electron chi connectivity index (χ2n) is 7.75. The molecule has 4 rings (SSSR count). The van der Waals surface area contributed by atoms with Crippen LogP contribution >= 0.6 is 0 Å². The molecule has 0 bridgehead atoms. The van der Waals surface area contributed by atoms with Crippen molar-refractivity contribution in [2.24, 2.45) is 0 Å². The molecule has 2 aromatic heterocycles. The number of aromatic nitrogens is 1. The van der Waals surface area contributed by atoms with Crippen molar-refractivity contribution < 1.29 is 9.21 Å². The van der Waals surface area contributed by atoms with Gasteiger partial charge in [0.2, 0.25) is 0 Å². The van der Waals surface area contributed by atoms with Gasteiger partial charge in [0, 0.05) is 30.5 Å². The molecule has 5 nitrogen and oxygen atoms in total. The standard InChI is InChI=1S/C21H29N3O2/c1-16-13-20(17(2)24(16)15-19-8-6-12-26-19)21(25)23-11-5-7-18(23)14-22-9-3-4-10-22/h6,8,12-13,18H,3-5,7,9-11,14-15H2,1-2H3. The Kier molecular flexibility index (Phi) is 4.90. The molecule has 5 heteroatoms. The molecule has 0 N–H and O–H groups in total. The van der Waals surface area contributed by atoms with Gasteiger partial charge >= 0.3 is 0 Å². The van der Waals surface area contributed by atoms with Crippen molar-refractivity contribution >= 4 is 5.91 Å². The Hall–Kier alpha value is -2.01. The molecule has 0 aliphatic carbocycles. The van der Waals surface area contributed by atoms with Crippen LogP contribution in [0.5, 0.6) is 0 Å². The van der Waals surface area contributed by atoms with Crippen LogP contribution in [0.3, 0.4) is 0 Å². The predicted molar refractivity (Wildman–Crippen MR) is 101 cm³/mol. The fourth-order valence-corrected chi connectivity index (χ4v) is 4.53. The molecule has 1 atom stereocenters. The quantitative estimate of drug-likeness (QED) is 0.825. The fourth-order valence-electron chi connectivity index (χ4n) is 4.53. The van der Waals surface area contributed by atoms with E-state index in [1.54, 1.807) is 6.26 Å². The average molecular weight is 355 g/mol. The maximum Gasteiger partial charge on any atom is 0.255 e. The number of carbonyl (C=O) groups is 1. The van der Waals surface area contributed by atoms with E-state index in [0.29, 0.717) is 12.6 Å². The fraction of sp³-hybridized carbons (Fsp3) is 0.571. The van der Waals surface area contributed by atoms with E-state index < -0.39 is 0 Å². The second-order valence-corrected chi connectivity index (χ2v) is 7.75. The molecule has 26 heavy (non-hydrogen) atoms. The molecule has 4 heterocycles. The summed E-state index contributed by atoms with van der Waals surface area (Å²) in [6.45, 7) is 9.10. The molecule has 140 valence electrons. The zero-order chi connectivity index (χ0) is 18.1. The number of carbonyl (C=O) groups excluding carboxylic acids is 1. The lowest BCUT2D eigenvalue weighted by Crippen LogP contribution is -2.42. The molecule has 2 aliphatic heterocycles. The van der Waals surface area contributed by atoms with Gasteiger partial charge in [-0.2, -0.15) is 0 Å². The molecule has 2 aliphatic rings. The highest BCUT2D eigenvalue weighted by Crippen LogP contribution is 2.25. The van der Waals surface area contributed by atoms with Gasteiger partial charge in [0.05, 0.1) is 18.4 Å². The lowest BCUT2D eigenvalue weighted by atomic mass is 10.1. The van der Waals surface area contributed by atoms with Crippen molar-refractivity contribution in [2.75, 3.05) is 26.2 Å². The van der Waals surface area contributed by atoms with Crippen molar-refractivity contribution in [3.05, 3.63) is 47.2 Å². The van der Waals surface area contributed by atoms with Crippen molar-refractivity contribution in [1.82, 2.24) is 14.4 Å². The summed E-state index contributed by atoms with van der Waals surface area (Å²) in [6.07, 6.45) is 6.55. The molecule has 1 unspecified atom stereocenters. The van der Waals surface area contributed by atoms with Gasteiger partial charge in [0.25, 0.3) is 5.91 Å². The second kappa shape index (κ2) is 7.31. The SMILES string of the molecule is Cc1cc(C(=O)N2CCCC2CN2CCCC2)c(C)n1Cc1ccco1. The van der Waals surface area contributed by atoms with E-state index in [0.717, 1.165) is 48.6 Å². The van der Waals surface area contributed by atoms with E-state index in [1.807, 2.05) is 18.2 Å². The largest absolute Gasteiger partial charge is 0.467 e. The smallest absolute Gasteiger partial charge is 0.255 e. The Morgan fingerprint density at radius 1 is 1.19 bits per heavy atom. The molecule has 0 spiro atoms. The summed E-state index contributed by atoms with van der Waals surface area (Å²) in [7, 11) is 0. The number of aryl methyl sites for hydroxylation is 1. The van der Waals surface area contributed by atoms with Gasteiger partial charge in [-0.3, -0.25) is 4.79 Å². The first-order chi connectivity index (χ1) is 12.6. The van der Waals surface area contributed by atoms with Crippen LogP contribution in [0.1, 0.15) is 53.2 Å².